The van der Waals surface area contributed by atoms with Crippen LogP contribution in [-0.4, -0.2) is 23.8 Å². The average molecular weight is 324 g/mol. The van der Waals surface area contributed by atoms with Gasteiger partial charge in [-0.1, -0.05) is 67.6 Å². The molecule has 126 valence electrons. The maximum absolute atomic E-state index is 12.4. The Hall–Kier alpha value is -2.46. The van der Waals surface area contributed by atoms with Crippen molar-refractivity contribution in [3.63, 3.8) is 0 Å². The van der Waals surface area contributed by atoms with E-state index in [0.717, 1.165) is 11.1 Å². The second kappa shape index (κ2) is 8.99. The summed E-state index contributed by atoms with van der Waals surface area (Å²) in [4.78, 5) is 24.6. The number of rotatable bonds is 8. The fraction of sp³-hybridized carbons (Fsp3) is 0.300. The predicted molar refractivity (Wildman–Crippen MR) is 95.5 cm³/mol. The molecule has 0 spiro atoms. The van der Waals surface area contributed by atoms with Crippen LogP contribution in [0.3, 0.4) is 0 Å². The molecule has 0 radical (unpaired) electrons. The molecule has 0 unspecified atom stereocenters. The summed E-state index contributed by atoms with van der Waals surface area (Å²) in [5.41, 5.74) is 8.03. The Morgan fingerprint density at radius 3 is 1.92 bits per heavy atom. The van der Waals surface area contributed by atoms with E-state index in [0.29, 0.717) is 19.3 Å². The number of hydrogen-bond acceptors (Lipinski definition) is 3. The molecule has 0 saturated heterocycles. The van der Waals surface area contributed by atoms with E-state index in [2.05, 4.69) is 5.32 Å². The van der Waals surface area contributed by atoms with Crippen LogP contribution in [0.2, 0.25) is 0 Å². The fourth-order valence-corrected chi connectivity index (χ4v) is 2.58. The van der Waals surface area contributed by atoms with Crippen LogP contribution in [0.15, 0.2) is 60.7 Å². The van der Waals surface area contributed by atoms with Gasteiger partial charge in [-0.3, -0.25) is 9.59 Å². The number of amides is 1. The molecule has 0 aliphatic heterocycles. The van der Waals surface area contributed by atoms with Gasteiger partial charge in [-0.2, -0.15) is 0 Å². The number of nitrogens with two attached hydrogens (primary N) is 1. The molecule has 2 rings (SSSR count). The first-order chi connectivity index (χ1) is 11.6. The van der Waals surface area contributed by atoms with Crippen molar-refractivity contribution in [1.82, 2.24) is 5.32 Å². The van der Waals surface area contributed by atoms with Crippen LogP contribution in [0.1, 0.15) is 24.5 Å². The average Bonchev–Trinajstić information content (AvgIpc) is 2.62. The van der Waals surface area contributed by atoms with Gasteiger partial charge in [0.05, 0.1) is 12.1 Å². The lowest BCUT2D eigenvalue weighted by Gasteiger charge is -2.20. The van der Waals surface area contributed by atoms with E-state index in [1.165, 1.54) is 0 Å². The zero-order chi connectivity index (χ0) is 17.4. The van der Waals surface area contributed by atoms with Crippen molar-refractivity contribution in [3.05, 3.63) is 71.8 Å². The minimum atomic E-state index is -0.671. The van der Waals surface area contributed by atoms with Crippen LogP contribution in [-0.2, 0) is 22.4 Å². The third-order valence-electron chi connectivity index (χ3n) is 3.97. The Morgan fingerprint density at radius 2 is 1.42 bits per heavy atom. The first-order valence-corrected chi connectivity index (χ1v) is 8.26. The molecule has 0 bridgehead atoms. The second-order valence-electron chi connectivity index (χ2n) is 5.87. The van der Waals surface area contributed by atoms with Crippen LogP contribution >= 0.6 is 0 Å². The molecule has 0 aliphatic carbocycles. The minimum Gasteiger partial charge on any atom is -0.345 e. The van der Waals surface area contributed by atoms with Crippen LogP contribution in [0.4, 0.5) is 0 Å². The summed E-state index contributed by atoms with van der Waals surface area (Å²) in [6, 6.07) is 18.1. The molecular weight excluding hydrogens is 300 g/mol. The fourth-order valence-electron chi connectivity index (χ4n) is 2.58. The van der Waals surface area contributed by atoms with E-state index < -0.39 is 12.1 Å². The third-order valence-corrected chi connectivity index (χ3v) is 3.97. The maximum Gasteiger partial charge on any atom is 0.237 e. The van der Waals surface area contributed by atoms with Crippen molar-refractivity contribution in [3.8, 4) is 0 Å². The van der Waals surface area contributed by atoms with Crippen molar-refractivity contribution < 1.29 is 9.59 Å². The quantitative estimate of drug-likeness (QED) is 0.782. The van der Waals surface area contributed by atoms with Crippen LogP contribution in [0.5, 0.6) is 0 Å². The third kappa shape index (κ3) is 5.32. The Morgan fingerprint density at radius 1 is 0.917 bits per heavy atom. The largest absolute Gasteiger partial charge is 0.345 e. The van der Waals surface area contributed by atoms with Crippen molar-refractivity contribution >= 4 is 11.7 Å². The van der Waals surface area contributed by atoms with Crippen LogP contribution < -0.4 is 11.1 Å². The van der Waals surface area contributed by atoms with E-state index in [-0.39, 0.29) is 11.7 Å². The minimum absolute atomic E-state index is 0.0131. The Bertz CT molecular complexity index is 656. The number of carbonyl (C=O) groups excluding carboxylic acids is 2. The predicted octanol–water partition coefficient (Wildman–Crippen LogP) is 2.26. The van der Waals surface area contributed by atoms with E-state index >= 15 is 0 Å². The van der Waals surface area contributed by atoms with E-state index in [1.807, 2.05) is 60.7 Å². The topological polar surface area (TPSA) is 72.2 Å². The lowest BCUT2D eigenvalue weighted by atomic mass is 9.99. The second-order valence-corrected chi connectivity index (χ2v) is 5.87. The molecule has 0 aliphatic rings. The SMILES string of the molecule is CCC(=O)[C@H](Cc1ccccc1)NC(=O)[C@@H](N)Cc1ccccc1. The van der Waals surface area contributed by atoms with Gasteiger partial charge >= 0.3 is 0 Å². The lowest BCUT2D eigenvalue weighted by Crippen LogP contribution is -2.50. The molecule has 1 amide bonds. The highest BCUT2D eigenvalue weighted by Crippen LogP contribution is 2.07. The lowest BCUT2D eigenvalue weighted by molar-refractivity contribution is -0.128. The number of nitrogens with one attached hydrogen (secondary N) is 1. The molecule has 4 nitrogen and oxygen atoms in total. The Labute approximate surface area is 143 Å². The molecule has 3 N–H and O–H groups in total. The number of ketones is 1. The zero-order valence-electron chi connectivity index (χ0n) is 13.9. The van der Waals surface area contributed by atoms with Crippen molar-refractivity contribution in [2.24, 2.45) is 5.73 Å². The molecule has 2 aromatic carbocycles. The van der Waals surface area contributed by atoms with E-state index in [4.69, 9.17) is 5.73 Å². The van der Waals surface area contributed by atoms with E-state index in [9.17, 15) is 9.59 Å². The molecule has 24 heavy (non-hydrogen) atoms. The molecule has 2 aromatic rings. The first kappa shape index (κ1) is 17.9. The summed E-state index contributed by atoms with van der Waals surface area (Å²) in [5, 5.41) is 2.82. The molecule has 0 heterocycles. The standard InChI is InChI=1S/C20H24N2O2/c1-2-19(23)18(14-16-11-7-4-8-12-16)22-20(24)17(21)13-15-9-5-3-6-10-15/h3-12,17-18H,2,13-14,21H2,1H3,(H,22,24)/t17-,18-/m0/s1. The van der Waals surface area contributed by atoms with Crippen LogP contribution in [0, 0.1) is 0 Å². The summed E-state index contributed by atoms with van der Waals surface area (Å²) in [6.07, 6.45) is 1.31. The molecule has 2 atom stereocenters. The summed E-state index contributed by atoms with van der Waals surface area (Å²) in [6.45, 7) is 1.80. The summed E-state index contributed by atoms with van der Waals surface area (Å²) < 4.78 is 0. The Balaban J connectivity index is 2.00. The summed E-state index contributed by atoms with van der Waals surface area (Å²) in [7, 11) is 0. The van der Waals surface area contributed by atoms with Gasteiger partial charge < -0.3 is 11.1 Å². The number of Topliss-reactive ketones (excluding diaryl/α,β-unsaturated/α-hetero) is 1. The van der Waals surface area contributed by atoms with Crippen molar-refractivity contribution in [2.45, 2.75) is 38.3 Å². The summed E-state index contributed by atoms with van der Waals surface area (Å²) >= 11 is 0. The summed E-state index contributed by atoms with van der Waals surface area (Å²) in [5.74, 6) is -0.277. The van der Waals surface area contributed by atoms with Gasteiger partial charge in [0.25, 0.3) is 0 Å². The highest BCUT2D eigenvalue weighted by atomic mass is 16.2. The molecule has 0 aromatic heterocycles. The number of hydrogen-bond donors (Lipinski definition) is 2. The number of carbonyl (C=O) groups is 2. The molecule has 4 heteroatoms. The monoisotopic (exact) mass is 324 g/mol. The van der Waals surface area contributed by atoms with Gasteiger partial charge in [-0.15, -0.1) is 0 Å². The molecular formula is C20H24N2O2. The smallest absolute Gasteiger partial charge is 0.237 e. The normalized spacial score (nSPS) is 13.1. The van der Waals surface area contributed by atoms with Gasteiger partial charge in [0, 0.05) is 6.42 Å². The molecule has 0 fully saturated rings. The van der Waals surface area contributed by atoms with Gasteiger partial charge in [0.1, 0.15) is 0 Å². The molecule has 0 saturated carbocycles. The highest BCUT2D eigenvalue weighted by molar-refractivity contribution is 5.91. The van der Waals surface area contributed by atoms with Gasteiger partial charge in [-0.05, 0) is 24.0 Å². The van der Waals surface area contributed by atoms with Crippen molar-refractivity contribution in [2.75, 3.05) is 0 Å². The first-order valence-electron chi connectivity index (χ1n) is 8.26. The van der Waals surface area contributed by atoms with Gasteiger partial charge in [-0.25, -0.2) is 0 Å². The maximum atomic E-state index is 12.4. The van der Waals surface area contributed by atoms with Crippen LogP contribution in [0.25, 0.3) is 0 Å². The number of benzene rings is 2. The van der Waals surface area contributed by atoms with E-state index in [1.54, 1.807) is 6.92 Å². The highest BCUT2D eigenvalue weighted by Gasteiger charge is 2.23. The zero-order valence-corrected chi connectivity index (χ0v) is 13.9. The van der Waals surface area contributed by atoms with Crippen molar-refractivity contribution in [1.29, 1.82) is 0 Å². The van der Waals surface area contributed by atoms with Gasteiger partial charge in [0.15, 0.2) is 5.78 Å². The van der Waals surface area contributed by atoms with Gasteiger partial charge in [0.2, 0.25) is 5.91 Å². The Kier molecular flexibility index (Phi) is 6.70.